The maximum Gasteiger partial charge on any atom is 0.573 e. The van der Waals surface area contributed by atoms with Crippen LogP contribution in [0.5, 0.6) is 5.75 Å². The van der Waals surface area contributed by atoms with Crippen LogP contribution in [0.4, 0.5) is 13.2 Å². The number of nitriles is 1. The van der Waals surface area contributed by atoms with Crippen molar-refractivity contribution in [1.29, 1.82) is 5.26 Å². The first-order valence-electron chi connectivity index (χ1n) is 8.45. The minimum Gasteiger partial charge on any atom is -0.405 e. The van der Waals surface area contributed by atoms with Gasteiger partial charge in [0.05, 0.1) is 18.1 Å². The van der Waals surface area contributed by atoms with Gasteiger partial charge in [-0.1, -0.05) is 6.07 Å². The summed E-state index contributed by atoms with van der Waals surface area (Å²) in [4.78, 5) is 0. The molecule has 0 radical (unpaired) electrons. The quantitative estimate of drug-likeness (QED) is 0.776. The van der Waals surface area contributed by atoms with Crippen molar-refractivity contribution in [3.63, 3.8) is 0 Å². The van der Waals surface area contributed by atoms with Crippen LogP contribution in [0.25, 0.3) is 0 Å². The summed E-state index contributed by atoms with van der Waals surface area (Å²) in [6.07, 6.45) is -0.167. The number of hydrogen-bond acceptors (Lipinski definition) is 4. The molecular weight excluding hydrogens is 335 g/mol. The average molecular weight is 355 g/mol. The molecule has 0 spiro atoms. The molecule has 0 N–H and O–H groups in total. The molecule has 136 valence electrons. The van der Waals surface area contributed by atoms with E-state index in [0.29, 0.717) is 6.61 Å². The fourth-order valence-corrected chi connectivity index (χ4v) is 3.23. The fraction of sp³-hybridized carbons (Fsp3) is 0.611. The molecular formula is C18H20F3NO3. The molecule has 2 fully saturated rings. The number of benzene rings is 1. The van der Waals surface area contributed by atoms with Crippen LogP contribution in [0, 0.1) is 11.3 Å². The zero-order chi connectivity index (χ0) is 17.9. The van der Waals surface area contributed by atoms with Gasteiger partial charge in [0.2, 0.25) is 0 Å². The molecule has 1 saturated carbocycles. The zero-order valence-electron chi connectivity index (χ0n) is 13.8. The zero-order valence-corrected chi connectivity index (χ0v) is 13.8. The Morgan fingerprint density at radius 3 is 2.60 bits per heavy atom. The van der Waals surface area contributed by atoms with Crippen LogP contribution in [-0.2, 0) is 21.5 Å². The summed E-state index contributed by atoms with van der Waals surface area (Å²) in [5.41, 5.74) is 0.400. The van der Waals surface area contributed by atoms with Gasteiger partial charge < -0.3 is 14.2 Å². The largest absolute Gasteiger partial charge is 0.573 e. The summed E-state index contributed by atoms with van der Waals surface area (Å²) in [6, 6.07) is 6.73. The van der Waals surface area contributed by atoms with Gasteiger partial charge in [0.15, 0.2) is 6.29 Å². The van der Waals surface area contributed by atoms with Gasteiger partial charge >= 0.3 is 6.36 Å². The fourth-order valence-electron chi connectivity index (χ4n) is 3.23. The van der Waals surface area contributed by atoms with Crippen molar-refractivity contribution < 1.29 is 27.4 Å². The predicted molar refractivity (Wildman–Crippen MR) is 82.6 cm³/mol. The van der Waals surface area contributed by atoms with Crippen LogP contribution in [0.2, 0.25) is 0 Å². The van der Waals surface area contributed by atoms with Crippen LogP contribution < -0.4 is 4.74 Å². The van der Waals surface area contributed by atoms with Crippen molar-refractivity contribution in [2.24, 2.45) is 0 Å². The second-order valence-electron chi connectivity index (χ2n) is 6.52. The van der Waals surface area contributed by atoms with Gasteiger partial charge in [-0.2, -0.15) is 5.26 Å². The highest BCUT2D eigenvalue weighted by atomic mass is 19.4. The van der Waals surface area contributed by atoms with E-state index in [2.05, 4.69) is 10.8 Å². The van der Waals surface area contributed by atoms with Gasteiger partial charge in [-0.3, -0.25) is 0 Å². The number of halogens is 3. The van der Waals surface area contributed by atoms with E-state index in [0.717, 1.165) is 44.1 Å². The highest BCUT2D eigenvalue weighted by molar-refractivity contribution is 5.44. The van der Waals surface area contributed by atoms with Gasteiger partial charge in [0.25, 0.3) is 0 Å². The van der Waals surface area contributed by atoms with Crippen molar-refractivity contribution in [3.05, 3.63) is 29.3 Å². The van der Waals surface area contributed by atoms with Crippen molar-refractivity contribution in [2.45, 2.75) is 63.2 Å². The number of ether oxygens (including phenoxy) is 3. The summed E-state index contributed by atoms with van der Waals surface area (Å²) in [7, 11) is 0. The van der Waals surface area contributed by atoms with E-state index in [1.807, 2.05) is 0 Å². The SMILES string of the molecule is N#CC1(c2ccc(OC(F)(F)F)c(CO[C@H]3CCCCO3)c2)CCC1. The van der Waals surface area contributed by atoms with E-state index in [9.17, 15) is 18.4 Å². The molecule has 25 heavy (non-hydrogen) atoms. The summed E-state index contributed by atoms with van der Waals surface area (Å²) in [6.45, 7) is 0.541. The molecule has 0 amide bonds. The van der Waals surface area contributed by atoms with Crippen molar-refractivity contribution in [2.75, 3.05) is 6.61 Å². The lowest BCUT2D eigenvalue weighted by Crippen LogP contribution is -2.32. The van der Waals surface area contributed by atoms with E-state index >= 15 is 0 Å². The van der Waals surface area contributed by atoms with Gasteiger partial charge in [0.1, 0.15) is 5.75 Å². The molecule has 1 aliphatic carbocycles. The Morgan fingerprint density at radius 2 is 2.04 bits per heavy atom. The van der Waals surface area contributed by atoms with Crippen LogP contribution in [0.3, 0.4) is 0 Å². The van der Waals surface area contributed by atoms with E-state index in [4.69, 9.17) is 9.47 Å². The van der Waals surface area contributed by atoms with Gasteiger partial charge in [-0.25, -0.2) is 0 Å². The lowest BCUT2D eigenvalue weighted by atomic mass is 9.65. The van der Waals surface area contributed by atoms with Gasteiger partial charge in [0, 0.05) is 12.2 Å². The van der Waals surface area contributed by atoms with Crippen molar-refractivity contribution >= 4 is 0 Å². The summed E-state index contributed by atoms with van der Waals surface area (Å²) in [5, 5.41) is 9.46. The minimum absolute atomic E-state index is 0.0502. The first kappa shape index (κ1) is 18.0. The third-order valence-corrected chi connectivity index (χ3v) is 4.82. The third-order valence-electron chi connectivity index (χ3n) is 4.82. The molecule has 7 heteroatoms. The molecule has 4 nitrogen and oxygen atoms in total. The Hall–Kier alpha value is -1.78. The second-order valence-corrected chi connectivity index (χ2v) is 6.52. The average Bonchev–Trinajstić information content (AvgIpc) is 2.54. The highest BCUT2D eigenvalue weighted by Gasteiger charge is 2.40. The number of rotatable bonds is 5. The second kappa shape index (κ2) is 7.22. The molecule has 1 atom stereocenters. The summed E-state index contributed by atoms with van der Waals surface area (Å²) >= 11 is 0. The molecule has 1 aromatic carbocycles. The number of alkyl halides is 3. The normalized spacial score (nSPS) is 22.7. The standard InChI is InChI=1S/C18H20F3NO3/c19-18(20,21)25-15-6-5-14(17(12-22)7-3-8-17)10-13(15)11-24-16-4-1-2-9-23-16/h5-6,10,16H,1-4,7-9,11H2/t16-/m0/s1. The van der Waals surface area contributed by atoms with E-state index in [1.165, 1.54) is 6.07 Å². The van der Waals surface area contributed by atoms with E-state index in [1.54, 1.807) is 12.1 Å². The van der Waals surface area contributed by atoms with Crippen LogP contribution in [0.1, 0.15) is 49.7 Å². The Balaban J connectivity index is 1.81. The van der Waals surface area contributed by atoms with Crippen molar-refractivity contribution in [1.82, 2.24) is 0 Å². The molecule has 0 aromatic heterocycles. The van der Waals surface area contributed by atoms with Crippen LogP contribution in [-0.4, -0.2) is 19.3 Å². The van der Waals surface area contributed by atoms with E-state index < -0.39 is 18.1 Å². The predicted octanol–water partition coefficient (Wildman–Crippen LogP) is 4.57. The molecule has 1 saturated heterocycles. The number of hydrogen-bond donors (Lipinski definition) is 0. The molecule has 1 aromatic rings. The monoisotopic (exact) mass is 355 g/mol. The number of nitrogens with zero attached hydrogens (tertiary/aromatic N) is 1. The Labute approximate surface area is 144 Å². The first-order valence-corrected chi connectivity index (χ1v) is 8.45. The first-order chi connectivity index (χ1) is 11.9. The summed E-state index contributed by atoms with van der Waals surface area (Å²) in [5.74, 6) is -0.292. The Morgan fingerprint density at radius 1 is 1.24 bits per heavy atom. The minimum atomic E-state index is -4.78. The molecule has 3 rings (SSSR count). The van der Waals surface area contributed by atoms with Crippen molar-refractivity contribution in [3.8, 4) is 11.8 Å². The Kier molecular flexibility index (Phi) is 5.21. The molecule has 2 aliphatic rings. The molecule has 1 heterocycles. The lowest BCUT2D eigenvalue weighted by molar-refractivity contribution is -0.275. The topological polar surface area (TPSA) is 51.5 Å². The smallest absolute Gasteiger partial charge is 0.405 e. The van der Waals surface area contributed by atoms with E-state index in [-0.39, 0.29) is 17.9 Å². The molecule has 1 aliphatic heterocycles. The third kappa shape index (κ3) is 4.25. The maximum atomic E-state index is 12.7. The Bertz CT molecular complexity index is 644. The van der Waals surface area contributed by atoms with Crippen LogP contribution in [0.15, 0.2) is 18.2 Å². The maximum absolute atomic E-state index is 12.7. The van der Waals surface area contributed by atoms with Gasteiger partial charge in [-0.05, 0) is 56.2 Å². The van der Waals surface area contributed by atoms with Crippen LogP contribution >= 0.6 is 0 Å². The summed E-state index contributed by atoms with van der Waals surface area (Å²) < 4.78 is 53.2. The molecule has 0 unspecified atom stereocenters. The molecule has 0 bridgehead atoms. The highest BCUT2D eigenvalue weighted by Crippen LogP contribution is 2.44. The lowest BCUT2D eigenvalue weighted by Gasteiger charge is -2.36. The van der Waals surface area contributed by atoms with Gasteiger partial charge in [-0.15, -0.1) is 13.2 Å².